The van der Waals surface area contributed by atoms with Crippen molar-refractivity contribution in [3.05, 3.63) is 29.8 Å². The normalized spacial score (nSPS) is 44.3. The lowest BCUT2D eigenvalue weighted by Gasteiger charge is -2.33. The highest BCUT2D eigenvalue weighted by Gasteiger charge is 2.77. The summed E-state index contributed by atoms with van der Waals surface area (Å²) in [5, 5.41) is 10.5. The highest BCUT2D eigenvalue weighted by molar-refractivity contribution is 7.86. The number of fused-ring (bicyclic) bond motifs is 2. The van der Waals surface area contributed by atoms with Crippen molar-refractivity contribution < 1.29 is 27.2 Å². The van der Waals surface area contributed by atoms with Crippen molar-refractivity contribution in [2.24, 2.45) is 23.7 Å². The second kappa shape index (κ2) is 6.00. The minimum Gasteiger partial charge on any atom is -0.368 e. The van der Waals surface area contributed by atoms with Gasteiger partial charge in [0.2, 0.25) is 0 Å². The molecule has 1 N–H and O–H groups in total. The number of hydrogen-bond donors (Lipinski definition) is 1. The van der Waals surface area contributed by atoms with Gasteiger partial charge >= 0.3 is 0 Å². The first-order valence-electron chi connectivity index (χ1n) is 9.90. The molecule has 1 aromatic carbocycles. The van der Waals surface area contributed by atoms with Gasteiger partial charge in [0.1, 0.15) is 6.10 Å². The summed E-state index contributed by atoms with van der Waals surface area (Å²) in [7, 11) is -3.88. The van der Waals surface area contributed by atoms with Gasteiger partial charge in [-0.25, -0.2) is 0 Å². The quantitative estimate of drug-likeness (QED) is 0.747. The molecule has 4 fully saturated rings. The SMILES string of the molecule is CCCCC12OC3C4CC(C(C41)[C@H](O)O2)[C@@H]3OS(=O)(=O)c1ccc(C)cc1. The molecule has 2 aliphatic carbocycles. The fourth-order valence-electron chi connectivity index (χ4n) is 5.95. The van der Waals surface area contributed by atoms with Crippen molar-refractivity contribution in [2.75, 3.05) is 0 Å². The van der Waals surface area contributed by atoms with E-state index in [1.807, 2.05) is 6.92 Å². The predicted molar refractivity (Wildman–Crippen MR) is 96.0 cm³/mol. The molecule has 0 spiro atoms. The van der Waals surface area contributed by atoms with Gasteiger partial charge in [-0.1, -0.05) is 31.0 Å². The third-order valence-electron chi connectivity index (χ3n) is 7.00. The molecule has 7 heteroatoms. The minimum atomic E-state index is -3.88. The number of unbranched alkanes of at least 4 members (excludes halogenated alkanes) is 1. The van der Waals surface area contributed by atoms with Gasteiger partial charge in [0.25, 0.3) is 10.1 Å². The summed E-state index contributed by atoms with van der Waals surface area (Å²) in [5.41, 5.74) is 0.992. The number of benzene rings is 1. The van der Waals surface area contributed by atoms with E-state index in [9.17, 15) is 13.5 Å². The van der Waals surface area contributed by atoms with Crippen LogP contribution in [-0.4, -0.2) is 37.8 Å². The van der Waals surface area contributed by atoms with Gasteiger partial charge in [0.15, 0.2) is 12.1 Å². The lowest BCUT2D eigenvalue weighted by atomic mass is 9.76. The third-order valence-corrected chi connectivity index (χ3v) is 8.33. The molecule has 2 bridgehead atoms. The number of ether oxygens (including phenoxy) is 2. The first-order valence-corrected chi connectivity index (χ1v) is 11.3. The van der Waals surface area contributed by atoms with Crippen LogP contribution in [0.5, 0.6) is 0 Å². The smallest absolute Gasteiger partial charge is 0.297 e. The largest absolute Gasteiger partial charge is 0.368 e. The van der Waals surface area contributed by atoms with Crippen LogP contribution in [0.3, 0.4) is 0 Å². The van der Waals surface area contributed by atoms with Crippen molar-refractivity contribution in [1.82, 2.24) is 0 Å². The van der Waals surface area contributed by atoms with Crippen LogP contribution in [0.4, 0.5) is 0 Å². The minimum absolute atomic E-state index is 0.0498. The molecular weight excluding hydrogens is 368 g/mol. The van der Waals surface area contributed by atoms with Crippen molar-refractivity contribution in [1.29, 1.82) is 0 Å². The molecule has 0 aromatic heterocycles. The Hall–Kier alpha value is -0.990. The van der Waals surface area contributed by atoms with Crippen LogP contribution in [0.2, 0.25) is 0 Å². The molecular formula is C20H26O6S. The van der Waals surface area contributed by atoms with E-state index in [2.05, 4.69) is 6.92 Å². The molecule has 0 radical (unpaired) electrons. The molecule has 2 aliphatic heterocycles. The van der Waals surface area contributed by atoms with Gasteiger partial charge in [-0.2, -0.15) is 8.42 Å². The zero-order valence-electron chi connectivity index (χ0n) is 15.6. The molecule has 2 heterocycles. The summed E-state index contributed by atoms with van der Waals surface area (Å²) in [5.74, 6) is -0.575. The Morgan fingerprint density at radius 1 is 1.22 bits per heavy atom. The maximum atomic E-state index is 12.8. The van der Waals surface area contributed by atoms with Gasteiger partial charge in [0.05, 0.1) is 11.0 Å². The topological polar surface area (TPSA) is 82.1 Å². The maximum absolute atomic E-state index is 12.8. The fourth-order valence-corrected chi connectivity index (χ4v) is 7.08. The van der Waals surface area contributed by atoms with Crippen LogP contribution in [0.1, 0.15) is 38.2 Å². The molecule has 5 rings (SSSR count). The molecule has 4 aliphatic rings. The number of aryl methyl sites for hydroxylation is 1. The van der Waals surface area contributed by atoms with Gasteiger partial charge < -0.3 is 14.6 Å². The fraction of sp³-hybridized carbons (Fsp3) is 0.700. The molecule has 6 nitrogen and oxygen atoms in total. The van der Waals surface area contributed by atoms with Crippen molar-refractivity contribution in [2.45, 2.75) is 68.7 Å². The highest BCUT2D eigenvalue weighted by Crippen LogP contribution is 2.69. The van der Waals surface area contributed by atoms with E-state index in [4.69, 9.17) is 13.7 Å². The van der Waals surface area contributed by atoms with E-state index in [0.29, 0.717) is 0 Å². The second-order valence-electron chi connectivity index (χ2n) is 8.50. The summed E-state index contributed by atoms with van der Waals surface area (Å²) in [4.78, 5) is 0.160. The van der Waals surface area contributed by atoms with Crippen LogP contribution in [-0.2, 0) is 23.8 Å². The Morgan fingerprint density at radius 2 is 1.96 bits per heavy atom. The van der Waals surface area contributed by atoms with Crippen LogP contribution in [0, 0.1) is 30.6 Å². The van der Waals surface area contributed by atoms with E-state index < -0.39 is 28.3 Å². The van der Waals surface area contributed by atoms with Crippen LogP contribution in [0.15, 0.2) is 29.2 Å². The standard InChI is InChI=1S/C20H26O6S/c1-3-4-9-20-16-14-10-13(15(16)19(21)25-20)18(17(14)24-20)26-27(22,23)12-7-5-11(2)6-8-12/h5-8,13-19,21H,3-4,9-10H2,1-2H3/t13?,14?,15?,16?,17?,18-,19+,20?/m0/s1. The second-order valence-corrected chi connectivity index (χ2v) is 10.1. The number of aliphatic hydroxyl groups excluding tert-OH is 1. The number of aliphatic hydroxyl groups is 1. The summed E-state index contributed by atoms with van der Waals surface area (Å²) in [6, 6.07) is 6.67. The Bertz CT molecular complexity index is 837. The lowest BCUT2D eigenvalue weighted by molar-refractivity contribution is -0.283. The Morgan fingerprint density at radius 3 is 2.67 bits per heavy atom. The van der Waals surface area contributed by atoms with Crippen LogP contribution >= 0.6 is 0 Å². The van der Waals surface area contributed by atoms with Crippen molar-refractivity contribution in [3.63, 3.8) is 0 Å². The molecule has 1 aromatic rings. The Labute approximate surface area is 159 Å². The number of rotatable bonds is 6. The maximum Gasteiger partial charge on any atom is 0.297 e. The lowest BCUT2D eigenvalue weighted by Crippen LogP contribution is -2.43. The van der Waals surface area contributed by atoms with Crippen LogP contribution in [0.25, 0.3) is 0 Å². The van der Waals surface area contributed by atoms with E-state index >= 15 is 0 Å². The zero-order valence-corrected chi connectivity index (χ0v) is 16.4. The summed E-state index contributed by atoms with van der Waals surface area (Å²) in [6.45, 7) is 4.02. The Kier molecular flexibility index (Phi) is 4.02. The van der Waals surface area contributed by atoms with Crippen molar-refractivity contribution >= 4 is 10.1 Å². The summed E-state index contributed by atoms with van der Waals surface area (Å²) < 4.78 is 43.6. The molecule has 8 atom stereocenters. The van der Waals surface area contributed by atoms with E-state index in [-0.39, 0.29) is 34.7 Å². The van der Waals surface area contributed by atoms with E-state index in [0.717, 1.165) is 31.2 Å². The van der Waals surface area contributed by atoms with E-state index in [1.54, 1.807) is 24.3 Å². The average molecular weight is 394 g/mol. The summed E-state index contributed by atoms with van der Waals surface area (Å²) >= 11 is 0. The first kappa shape index (κ1) is 18.1. The summed E-state index contributed by atoms with van der Waals surface area (Å²) in [6.07, 6.45) is 1.80. The van der Waals surface area contributed by atoms with Crippen molar-refractivity contribution in [3.8, 4) is 0 Å². The molecule has 148 valence electrons. The average Bonchev–Trinajstić information content (AvgIpc) is 3.29. The number of hydrogen-bond acceptors (Lipinski definition) is 6. The molecule has 2 saturated heterocycles. The molecule has 2 saturated carbocycles. The molecule has 0 amide bonds. The van der Waals surface area contributed by atoms with Gasteiger partial charge in [-0.15, -0.1) is 0 Å². The highest BCUT2D eigenvalue weighted by atomic mass is 32.2. The predicted octanol–water partition coefficient (Wildman–Crippen LogP) is 2.58. The van der Waals surface area contributed by atoms with E-state index in [1.165, 1.54) is 0 Å². The molecule has 6 unspecified atom stereocenters. The monoisotopic (exact) mass is 394 g/mol. The van der Waals surface area contributed by atoms with Gasteiger partial charge in [0, 0.05) is 18.3 Å². The van der Waals surface area contributed by atoms with Gasteiger partial charge in [-0.3, -0.25) is 4.18 Å². The van der Waals surface area contributed by atoms with Gasteiger partial charge in [-0.05, 0) is 43.7 Å². The Balaban J connectivity index is 1.43. The molecule has 27 heavy (non-hydrogen) atoms. The zero-order chi connectivity index (χ0) is 19.0. The van der Waals surface area contributed by atoms with Crippen LogP contribution < -0.4 is 0 Å². The first-order chi connectivity index (χ1) is 12.9. The third kappa shape index (κ3) is 2.48.